The molecule has 0 unspecified atom stereocenters. The van der Waals surface area contributed by atoms with Crippen LogP contribution in [0.25, 0.3) is 0 Å². The summed E-state index contributed by atoms with van der Waals surface area (Å²) in [7, 11) is 0. The van der Waals surface area contributed by atoms with Gasteiger partial charge in [-0.1, -0.05) is 0 Å². The van der Waals surface area contributed by atoms with Crippen molar-refractivity contribution in [3.63, 3.8) is 0 Å². The predicted octanol–water partition coefficient (Wildman–Crippen LogP) is 1.48. The van der Waals surface area contributed by atoms with E-state index in [1.54, 1.807) is 0 Å². The third-order valence-electron chi connectivity index (χ3n) is 1.67. The van der Waals surface area contributed by atoms with E-state index in [1.165, 1.54) is 18.5 Å². The average Bonchev–Trinajstić information content (AvgIpc) is 2.15. The van der Waals surface area contributed by atoms with Gasteiger partial charge in [0.05, 0.1) is 11.1 Å². The van der Waals surface area contributed by atoms with Crippen molar-refractivity contribution < 1.29 is 4.79 Å². The van der Waals surface area contributed by atoms with Crippen molar-refractivity contribution in [3.05, 3.63) is 29.6 Å². The van der Waals surface area contributed by atoms with Gasteiger partial charge >= 0.3 is 0 Å². The quantitative estimate of drug-likeness (QED) is 0.751. The van der Waals surface area contributed by atoms with E-state index >= 15 is 0 Å². The Balaban J connectivity index is 2.98. The molecule has 0 aliphatic heterocycles. The second kappa shape index (κ2) is 4.09. The van der Waals surface area contributed by atoms with Crippen molar-refractivity contribution in [2.45, 2.75) is 26.3 Å². The number of nitrogens with zero attached hydrogens (tertiary/aromatic N) is 2. The Morgan fingerprint density at radius 3 is 2.73 bits per heavy atom. The van der Waals surface area contributed by atoms with E-state index in [9.17, 15) is 4.79 Å². The first-order valence-corrected chi connectivity index (χ1v) is 4.60. The fourth-order valence-corrected chi connectivity index (χ4v) is 1.08. The zero-order chi connectivity index (χ0) is 11.5. The van der Waals surface area contributed by atoms with Crippen molar-refractivity contribution in [1.82, 2.24) is 10.3 Å². The molecular formula is C11H13N3O. The molecule has 1 aromatic heterocycles. The molecule has 0 fully saturated rings. The molecule has 1 aromatic rings. The molecule has 0 aromatic carbocycles. The molecule has 1 amide bonds. The molecule has 0 saturated heterocycles. The summed E-state index contributed by atoms with van der Waals surface area (Å²) in [4.78, 5) is 15.6. The first kappa shape index (κ1) is 11.2. The maximum atomic E-state index is 11.7. The van der Waals surface area contributed by atoms with Gasteiger partial charge in [0.2, 0.25) is 0 Å². The molecule has 1 N–H and O–H groups in total. The van der Waals surface area contributed by atoms with E-state index in [4.69, 9.17) is 5.26 Å². The predicted molar refractivity (Wildman–Crippen MR) is 56.2 cm³/mol. The number of aromatic nitrogens is 1. The molecule has 0 radical (unpaired) electrons. The summed E-state index contributed by atoms with van der Waals surface area (Å²) in [5.41, 5.74) is 0.335. The van der Waals surface area contributed by atoms with Gasteiger partial charge < -0.3 is 5.32 Å². The second-order valence-corrected chi connectivity index (χ2v) is 4.24. The summed E-state index contributed by atoms with van der Waals surface area (Å²) in [5, 5.41) is 11.6. The van der Waals surface area contributed by atoms with Gasteiger partial charge in [-0.3, -0.25) is 9.78 Å². The van der Waals surface area contributed by atoms with E-state index in [0.29, 0.717) is 11.1 Å². The SMILES string of the molecule is CC(C)(C)NC(=O)c1cnccc1C#N. The van der Waals surface area contributed by atoms with E-state index < -0.39 is 0 Å². The molecular weight excluding hydrogens is 190 g/mol. The Kier molecular flexibility index (Phi) is 3.05. The fraction of sp³-hybridized carbons (Fsp3) is 0.364. The van der Waals surface area contributed by atoms with E-state index in [0.717, 1.165) is 0 Å². The van der Waals surface area contributed by atoms with Crippen LogP contribution in [0.3, 0.4) is 0 Å². The molecule has 0 saturated carbocycles. The summed E-state index contributed by atoms with van der Waals surface area (Å²) >= 11 is 0. The molecule has 1 heterocycles. The number of carbonyl (C=O) groups is 1. The lowest BCUT2D eigenvalue weighted by atomic mass is 10.1. The van der Waals surface area contributed by atoms with Crippen LogP contribution in [0.15, 0.2) is 18.5 Å². The largest absolute Gasteiger partial charge is 0.347 e. The molecule has 0 aliphatic rings. The van der Waals surface area contributed by atoms with Crippen molar-refractivity contribution in [2.24, 2.45) is 0 Å². The fourth-order valence-electron chi connectivity index (χ4n) is 1.08. The summed E-state index contributed by atoms with van der Waals surface area (Å²) in [6, 6.07) is 3.49. The Morgan fingerprint density at radius 2 is 2.20 bits per heavy atom. The average molecular weight is 203 g/mol. The Bertz CT molecular complexity index is 413. The lowest BCUT2D eigenvalue weighted by Gasteiger charge is -2.20. The zero-order valence-electron chi connectivity index (χ0n) is 9.03. The summed E-state index contributed by atoms with van der Waals surface area (Å²) < 4.78 is 0. The van der Waals surface area contributed by atoms with Crippen LogP contribution in [-0.4, -0.2) is 16.4 Å². The van der Waals surface area contributed by atoms with Crippen LogP contribution in [0, 0.1) is 11.3 Å². The van der Waals surface area contributed by atoms with Gasteiger partial charge in [-0.15, -0.1) is 0 Å². The van der Waals surface area contributed by atoms with Crippen molar-refractivity contribution in [3.8, 4) is 6.07 Å². The molecule has 78 valence electrons. The molecule has 0 atom stereocenters. The van der Waals surface area contributed by atoms with Crippen LogP contribution in [-0.2, 0) is 0 Å². The molecule has 0 bridgehead atoms. The van der Waals surface area contributed by atoms with Crippen LogP contribution in [0.4, 0.5) is 0 Å². The van der Waals surface area contributed by atoms with Crippen LogP contribution in [0.2, 0.25) is 0 Å². The van der Waals surface area contributed by atoms with Gasteiger partial charge in [0.15, 0.2) is 0 Å². The minimum Gasteiger partial charge on any atom is -0.347 e. The van der Waals surface area contributed by atoms with Gasteiger partial charge in [0, 0.05) is 17.9 Å². The normalized spacial score (nSPS) is 10.5. The van der Waals surface area contributed by atoms with E-state index in [1.807, 2.05) is 26.8 Å². The molecule has 4 heteroatoms. The maximum Gasteiger partial charge on any atom is 0.254 e. The first-order chi connectivity index (χ1) is 6.94. The van der Waals surface area contributed by atoms with Gasteiger partial charge in [0.25, 0.3) is 5.91 Å². The smallest absolute Gasteiger partial charge is 0.254 e. The van der Waals surface area contributed by atoms with Gasteiger partial charge in [-0.2, -0.15) is 5.26 Å². The lowest BCUT2D eigenvalue weighted by Crippen LogP contribution is -2.40. The monoisotopic (exact) mass is 203 g/mol. The van der Waals surface area contributed by atoms with Crippen molar-refractivity contribution >= 4 is 5.91 Å². The highest BCUT2D eigenvalue weighted by molar-refractivity contribution is 5.96. The number of hydrogen-bond acceptors (Lipinski definition) is 3. The van der Waals surface area contributed by atoms with Gasteiger partial charge in [0.1, 0.15) is 6.07 Å². The number of carbonyl (C=O) groups excluding carboxylic acids is 1. The van der Waals surface area contributed by atoms with Crippen LogP contribution in [0.5, 0.6) is 0 Å². The van der Waals surface area contributed by atoms with Crippen LogP contribution < -0.4 is 5.32 Å². The third kappa shape index (κ3) is 3.06. The third-order valence-corrected chi connectivity index (χ3v) is 1.67. The number of pyridine rings is 1. The van der Waals surface area contributed by atoms with E-state index in [2.05, 4.69) is 10.3 Å². The highest BCUT2D eigenvalue weighted by Gasteiger charge is 2.17. The number of rotatable bonds is 1. The first-order valence-electron chi connectivity index (χ1n) is 4.60. The van der Waals surface area contributed by atoms with Gasteiger partial charge in [-0.25, -0.2) is 0 Å². The zero-order valence-corrected chi connectivity index (χ0v) is 9.03. The molecule has 15 heavy (non-hydrogen) atoms. The minimum atomic E-state index is -0.320. The van der Waals surface area contributed by atoms with Crippen LogP contribution in [0.1, 0.15) is 36.7 Å². The standard InChI is InChI=1S/C11H13N3O/c1-11(2,3)14-10(15)9-7-13-5-4-8(9)6-12/h4-5,7H,1-3H3,(H,14,15). The van der Waals surface area contributed by atoms with Crippen molar-refractivity contribution in [2.75, 3.05) is 0 Å². The number of nitriles is 1. The van der Waals surface area contributed by atoms with Crippen LogP contribution >= 0.6 is 0 Å². The topological polar surface area (TPSA) is 65.8 Å². The Morgan fingerprint density at radius 1 is 1.53 bits per heavy atom. The summed E-state index contributed by atoms with van der Waals surface area (Å²) in [6.45, 7) is 5.65. The highest BCUT2D eigenvalue weighted by atomic mass is 16.1. The molecule has 4 nitrogen and oxygen atoms in total. The number of hydrogen-bond donors (Lipinski definition) is 1. The second-order valence-electron chi connectivity index (χ2n) is 4.24. The lowest BCUT2D eigenvalue weighted by molar-refractivity contribution is 0.0919. The summed E-state index contributed by atoms with van der Waals surface area (Å²) in [6.07, 6.45) is 2.89. The molecule has 0 aliphatic carbocycles. The van der Waals surface area contributed by atoms with Gasteiger partial charge in [-0.05, 0) is 26.8 Å². The van der Waals surface area contributed by atoms with E-state index in [-0.39, 0.29) is 11.4 Å². The Hall–Kier alpha value is -1.89. The highest BCUT2D eigenvalue weighted by Crippen LogP contribution is 2.08. The Labute approximate surface area is 88.9 Å². The maximum absolute atomic E-state index is 11.7. The molecule has 0 spiro atoms. The number of amides is 1. The summed E-state index contributed by atoms with van der Waals surface area (Å²) in [5.74, 6) is -0.271. The molecule has 1 rings (SSSR count). The van der Waals surface area contributed by atoms with Crippen molar-refractivity contribution in [1.29, 1.82) is 5.26 Å². The number of nitrogens with one attached hydrogen (secondary N) is 1. The minimum absolute atomic E-state index is 0.271.